The number of hydrogen-bond donors (Lipinski definition) is 1. The lowest BCUT2D eigenvalue weighted by Crippen LogP contribution is -2.20. The Kier molecular flexibility index (Phi) is 2.67. The molecule has 2 aromatic carbocycles. The Balaban J connectivity index is 1.96. The van der Waals surface area contributed by atoms with Crippen molar-refractivity contribution in [1.82, 2.24) is 0 Å². The van der Waals surface area contributed by atoms with Gasteiger partial charge in [0.15, 0.2) is 11.6 Å². The number of carbonyl (C=O) groups excluding carboxylic acids is 2. The van der Waals surface area contributed by atoms with Gasteiger partial charge in [-0.3, -0.25) is 9.59 Å². The van der Waals surface area contributed by atoms with Crippen LogP contribution in [0.4, 0.5) is 0 Å². The number of phenols is 1. The summed E-state index contributed by atoms with van der Waals surface area (Å²) in [6.07, 6.45) is 0.419. The molecule has 0 radical (unpaired) electrons. The van der Waals surface area contributed by atoms with E-state index in [1.807, 2.05) is 12.1 Å². The highest BCUT2D eigenvalue weighted by Crippen LogP contribution is 2.30. The minimum Gasteiger partial charge on any atom is -0.507 e. The molecular weight excluding hydrogens is 240 g/mol. The minimum atomic E-state index is -0.703. The lowest BCUT2D eigenvalue weighted by atomic mass is 9.93. The number of rotatable bonds is 2. The van der Waals surface area contributed by atoms with E-state index in [-0.39, 0.29) is 22.9 Å². The van der Waals surface area contributed by atoms with E-state index in [0.717, 1.165) is 5.56 Å². The maximum atomic E-state index is 12.4. The molecule has 2 aromatic rings. The Labute approximate surface area is 110 Å². The highest BCUT2D eigenvalue weighted by atomic mass is 16.3. The van der Waals surface area contributed by atoms with E-state index >= 15 is 0 Å². The van der Waals surface area contributed by atoms with Crippen molar-refractivity contribution in [2.75, 3.05) is 0 Å². The van der Waals surface area contributed by atoms with Gasteiger partial charge in [0.25, 0.3) is 0 Å². The van der Waals surface area contributed by atoms with E-state index in [1.165, 1.54) is 6.07 Å². The van der Waals surface area contributed by atoms with Crippen molar-refractivity contribution in [3.63, 3.8) is 0 Å². The molecule has 1 unspecified atom stereocenters. The number of para-hydroxylation sites is 1. The van der Waals surface area contributed by atoms with Gasteiger partial charge in [0.1, 0.15) is 5.75 Å². The predicted molar refractivity (Wildman–Crippen MR) is 70.4 cm³/mol. The third kappa shape index (κ3) is 1.83. The van der Waals surface area contributed by atoms with E-state index in [2.05, 4.69) is 0 Å². The normalized spacial score (nSPS) is 17.3. The second kappa shape index (κ2) is 4.35. The fourth-order valence-electron chi connectivity index (χ4n) is 2.52. The van der Waals surface area contributed by atoms with Gasteiger partial charge in [-0.15, -0.1) is 0 Å². The van der Waals surface area contributed by atoms with Crippen molar-refractivity contribution in [2.45, 2.75) is 6.42 Å². The van der Waals surface area contributed by atoms with Crippen LogP contribution >= 0.6 is 0 Å². The average molecular weight is 252 g/mol. The lowest BCUT2D eigenvalue weighted by Gasteiger charge is -2.08. The van der Waals surface area contributed by atoms with E-state index in [9.17, 15) is 14.7 Å². The first kappa shape index (κ1) is 11.7. The Morgan fingerprint density at radius 2 is 1.74 bits per heavy atom. The molecule has 0 bridgehead atoms. The first-order chi connectivity index (χ1) is 9.18. The first-order valence-electron chi connectivity index (χ1n) is 6.13. The largest absolute Gasteiger partial charge is 0.507 e. The summed E-state index contributed by atoms with van der Waals surface area (Å²) in [5.41, 5.74) is 1.74. The Morgan fingerprint density at radius 1 is 1.05 bits per heavy atom. The molecule has 3 rings (SSSR count). The zero-order valence-corrected chi connectivity index (χ0v) is 10.2. The molecule has 19 heavy (non-hydrogen) atoms. The summed E-state index contributed by atoms with van der Waals surface area (Å²) in [5, 5.41) is 9.71. The van der Waals surface area contributed by atoms with E-state index < -0.39 is 5.92 Å². The van der Waals surface area contributed by atoms with Gasteiger partial charge in [-0.05, 0) is 24.1 Å². The number of Topliss-reactive ketones (excluding diaryl/α,β-unsaturated/α-hetero) is 2. The van der Waals surface area contributed by atoms with Crippen LogP contribution in [0.3, 0.4) is 0 Å². The second-order valence-corrected chi connectivity index (χ2v) is 4.66. The first-order valence-corrected chi connectivity index (χ1v) is 6.13. The van der Waals surface area contributed by atoms with Crippen molar-refractivity contribution in [2.24, 2.45) is 5.92 Å². The van der Waals surface area contributed by atoms with Crippen LogP contribution in [0.2, 0.25) is 0 Å². The smallest absolute Gasteiger partial charge is 0.177 e. The number of hydrogen-bond acceptors (Lipinski definition) is 3. The zero-order chi connectivity index (χ0) is 13.4. The molecular formula is C16H12O3. The molecule has 1 N–H and O–H groups in total. The molecule has 3 nitrogen and oxygen atoms in total. The molecule has 0 saturated heterocycles. The summed E-state index contributed by atoms with van der Waals surface area (Å²) in [7, 11) is 0. The molecule has 1 aliphatic rings. The average Bonchev–Trinajstić information content (AvgIpc) is 2.77. The maximum absolute atomic E-state index is 12.4. The zero-order valence-electron chi connectivity index (χ0n) is 10.2. The number of ketones is 2. The maximum Gasteiger partial charge on any atom is 0.177 e. The summed E-state index contributed by atoms with van der Waals surface area (Å²) < 4.78 is 0. The third-order valence-electron chi connectivity index (χ3n) is 3.51. The molecule has 0 spiro atoms. The van der Waals surface area contributed by atoms with Gasteiger partial charge in [-0.2, -0.15) is 0 Å². The van der Waals surface area contributed by atoms with Crippen LogP contribution in [0.25, 0.3) is 0 Å². The molecule has 0 aliphatic heterocycles. The van der Waals surface area contributed by atoms with Gasteiger partial charge >= 0.3 is 0 Å². The van der Waals surface area contributed by atoms with Crippen molar-refractivity contribution in [3.8, 4) is 5.75 Å². The molecule has 3 heteroatoms. The van der Waals surface area contributed by atoms with Crippen LogP contribution in [0.15, 0.2) is 48.5 Å². The quantitative estimate of drug-likeness (QED) is 0.660. The van der Waals surface area contributed by atoms with Crippen molar-refractivity contribution >= 4 is 11.6 Å². The number of phenolic OH excluding ortho intramolecular Hbond substituents is 1. The fourth-order valence-corrected chi connectivity index (χ4v) is 2.52. The summed E-state index contributed by atoms with van der Waals surface area (Å²) in [5.74, 6) is -1.23. The Hall–Kier alpha value is -2.42. The van der Waals surface area contributed by atoms with Crippen molar-refractivity contribution < 1.29 is 14.7 Å². The number of benzene rings is 2. The molecule has 0 heterocycles. The molecule has 0 fully saturated rings. The van der Waals surface area contributed by atoms with Crippen LogP contribution in [0, 0.1) is 5.92 Å². The van der Waals surface area contributed by atoms with Gasteiger partial charge in [0, 0.05) is 5.56 Å². The van der Waals surface area contributed by atoms with E-state index in [1.54, 1.807) is 30.3 Å². The van der Waals surface area contributed by atoms with Crippen molar-refractivity contribution in [3.05, 3.63) is 65.2 Å². The molecule has 1 atom stereocenters. The highest BCUT2D eigenvalue weighted by Gasteiger charge is 2.36. The molecule has 0 saturated carbocycles. The van der Waals surface area contributed by atoms with Crippen LogP contribution in [-0.4, -0.2) is 16.7 Å². The fraction of sp³-hybridized carbons (Fsp3) is 0.125. The standard InChI is InChI=1S/C16H12O3/c17-14-8-4-3-7-12(14)16(19)13-9-10-5-1-2-6-11(10)15(13)18/h1-8,13,17H,9H2. The van der Waals surface area contributed by atoms with Crippen molar-refractivity contribution in [1.29, 1.82) is 0 Å². The van der Waals surface area contributed by atoms with Gasteiger partial charge < -0.3 is 5.11 Å². The Morgan fingerprint density at radius 3 is 2.47 bits per heavy atom. The molecule has 1 aliphatic carbocycles. The number of carbonyl (C=O) groups is 2. The minimum absolute atomic E-state index is 0.0729. The highest BCUT2D eigenvalue weighted by molar-refractivity contribution is 6.19. The second-order valence-electron chi connectivity index (χ2n) is 4.66. The lowest BCUT2D eigenvalue weighted by molar-refractivity contribution is 0.0821. The number of fused-ring (bicyclic) bond motifs is 1. The van der Waals surface area contributed by atoms with Gasteiger partial charge in [-0.25, -0.2) is 0 Å². The van der Waals surface area contributed by atoms with Gasteiger partial charge in [0.2, 0.25) is 0 Å². The molecule has 0 amide bonds. The molecule has 0 aromatic heterocycles. The SMILES string of the molecule is O=C(c1ccccc1O)C1Cc2ccccc2C1=O. The van der Waals surface area contributed by atoms with Crippen LogP contribution in [0.5, 0.6) is 5.75 Å². The van der Waals surface area contributed by atoms with Crippen LogP contribution in [-0.2, 0) is 6.42 Å². The molecule has 94 valence electrons. The summed E-state index contributed by atoms with van der Waals surface area (Å²) in [4.78, 5) is 24.6. The van der Waals surface area contributed by atoms with Gasteiger partial charge in [-0.1, -0.05) is 36.4 Å². The van der Waals surface area contributed by atoms with E-state index in [0.29, 0.717) is 12.0 Å². The van der Waals surface area contributed by atoms with Crippen LogP contribution < -0.4 is 0 Å². The van der Waals surface area contributed by atoms with E-state index in [4.69, 9.17) is 0 Å². The topological polar surface area (TPSA) is 54.4 Å². The summed E-state index contributed by atoms with van der Waals surface area (Å²) >= 11 is 0. The van der Waals surface area contributed by atoms with Gasteiger partial charge in [0.05, 0.1) is 11.5 Å². The third-order valence-corrected chi connectivity index (χ3v) is 3.51. The Bertz CT molecular complexity index is 673. The summed E-state index contributed by atoms with van der Waals surface area (Å²) in [6, 6.07) is 13.6. The summed E-state index contributed by atoms with van der Waals surface area (Å²) in [6.45, 7) is 0. The predicted octanol–water partition coefficient (Wildman–Crippen LogP) is 2.63. The van der Waals surface area contributed by atoms with Crippen LogP contribution in [0.1, 0.15) is 26.3 Å². The monoisotopic (exact) mass is 252 g/mol. The number of aromatic hydroxyl groups is 1.